The van der Waals surface area contributed by atoms with Crippen LogP contribution in [0.3, 0.4) is 0 Å². The average Bonchev–Trinajstić information content (AvgIpc) is 2.31. The molecule has 1 heterocycles. The molecule has 0 radical (unpaired) electrons. The van der Waals surface area contributed by atoms with Gasteiger partial charge in [-0.2, -0.15) is 0 Å². The largest absolute Gasteiger partial charge is 0.299 e. The minimum Gasteiger partial charge on any atom is -0.299 e. The van der Waals surface area contributed by atoms with Gasteiger partial charge in [0, 0.05) is 18.6 Å². The van der Waals surface area contributed by atoms with Crippen LogP contribution in [-0.4, -0.2) is 48.1 Å². The van der Waals surface area contributed by atoms with Gasteiger partial charge in [0.15, 0.2) is 0 Å². The fourth-order valence-electron chi connectivity index (χ4n) is 2.97. The van der Waals surface area contributed by atoms with Gasteiger partial charge >= 0.3 is 0 Å². The van der Waals surface area contributed by atoms with Crippen molar-refractivity contribution < 1.29 is 0 Å². The molecule has 17 heavy (non-hydrogen) atoms. The number of piperidine rings is 1. The van der Waals surface area contributed by atoms with Crippen LogP contribution in [0.25, 0.3) is 0 Å². The zero-order chi connectivity index (χ0) is 12.7. The molecule has 0 aromatic rings. The fraction of sp³-hybridized carbons (Fsp3) is 1.00. The molecule has 0 aliphatic carbocycles. The zero-order valence-electron chi connectivity index (χ0n) is 12.4. The van der Waals surface area contributed by atoms with Crippen molar-refractivity contribution in [2.75, 3.05) is 26.2 Å². The Hall–Kier alpha value is -0.0800. The summed E-state index contributed by atoms with van der Waals surface area (Å²) in [6.07, 6.45) is 6.83. The van der Waals surface area contributed by atoms with Crippen molar-refractivity contribution in [1.29, 1.82) is 0 Å². The van der Waals surface area contributed by atoms with Crippen LogP contribution in [0.5, 0.6) is 0 Å². The summed E-state index contributed by atoms with van der Waals surface area (Å²) in [6, 6.07) is 1.51. The fourth-order valence-corrected chi connectivity index (χ4v) is 2.97. The lowest BCUT2D eigenvalue weighted by molar-refractivity contribution is 0.0909. The predicted molar refractivity (Wildman–Crippen MR) is 76.5 cm³/mol. The lowest BCUT2D eigenvalue weighted by atomic mass is 10.0. The number of likely N-dealkylation sites (tertiary alicyclic amines) is 1. The second-order valence-corrected chi connectivity index (χ2v) is 5.77. The lowest BCUT2D eigenvalue weighted by Crippen LogP contribution is -2.48. The molecule has 1 unspecified atom stereocenters. The maximum atomic E-state index is 2.73. The van der Waals surface area contributed by atoms with Gasteiger partial charge in [-0.15, -0.1) is 0 Å². The summed E-state index contributed by atoms with van der Waals surface area (Å²) in [5, 5.41) is 0. The van der Waals surface area contributed by atoms with E-state index in [4.69, 9.17) is 0 Å². The Morgan fingerprint density at radius 3 is 2.53 bits per heavy atom. The lowest BCUT2D eigenvalue weighted by Gasteiger charge is -2.39. The van der Waals surface area contributed by atoms with Crippen molar-refractivity contribution in [1.82, 2.24) is 9.80 Å². The van der Waals surface area contributed by atoms with Crippen LogP contribution in [0.15, 0.2) is 0 Å². The van der Waals surface area contributed by atoms with E-state index in [-0.39, 0.29) is 0 Å². The van der Waals surface area contributed by atoms with Crippen LogP contribution in [0.2, 0.25) is 0 Å². The van der Waals surface area contributed by atoms with Gasteiger partial charge in [-0.1, -0.05) is 20.3 Å². The summed E-state index contributed by atoms with van der Waals surface area (Å²) in [5.41, 5.74) is 0. The Bertz CT molecular complexity index is 189. The molecule has 1 aliphatic heterocycles. The molecule has 2 heteroatoms. The zero-order valence-corrected chi connectivity index (χ0v) is 12.4. The summed E-state index contributed by atoms with van der Waals surface area (Å²) in [6.45, 7) is 14.4. The van der Waals surface area contributed by atoms with Crippen LogP contribution >= 0.6 is 0 Å². The Morgan fingerprint density at radius 2 is 1.94 bits per heavy atom. The van der Waals surface area contributed by atoms with E-state index in [9.17, 15) is 0 Å². The quantitative estimate of drug-likeness (QED) is 0.673. The molecule has 1 rings (SSSR count). The van der Waals surface area contributed by atoms with Gasteiger partial charge in [0.2, 0.25) is 0 Å². The number of hydrogen-bond acceptors (Lipinski definition) is 2. The molecule has 0 aromatic carbocycles. The van der Waals surface area contributed by atoms with Crippen molar-refractivity contribution in [3.05, 3.63) is 0 Å². The molecule has 1 saturated heterocycles. The highest BCUT2D eigenvalue weighted by Gasteiger charge is 2.24. The van der Waals surface area contributed by atoms with E-state index >= 15 is 0 Å². The van der Waals surface area contributed by atoms with E-state index in [2.05, 4.69) is 37.5 Å². The molecule has 0 saturated carbocycles. The van der Waals surface area contributed by atoms with E-state index in [0.29, 0.717) is 6.04 Å². The molecule has 0 aromatic heterocycles. The minimum absolute atomic E-state index is 0.695. The second kappa shape index (κ2) is 8.10. The monoisotopic (exact) mass is 240 g/mol. The van der Waals surface area contributed by atoms with Crippen molar-refractivity contribution in [3.8, 4) is 0 Å². The van der Waals surface area contributed by atoms with Crippen molar-refractivity contribution in [2.24, 2.45) is 0 Å². The van der Waals surface area contributed by atoms with Crippen LogP contribution in [0.1, 0.15) is 59.8 Å². The molecule has 0 bridgehead atoms. The standard InChI is InChI=1S/C15H32N2/c1-5-10-16-12-8-7-9-15(16)13-17(11-6-2)14(3)4/h14-15H,5-13H2,1-4H3. The highest BCUT2D eigenvalue weighted by atomic mass is 15.2. The molecule has 0 amide bonds. The normalized spacial score (nSPS) is 22.6. The Morgan fingerprint density at radius 1 is 1.18 bits per heavy atom. The molecule has 0 spiro atoms. The van der Waals surface area contributed by atoms with E-state index in [0.717, 1.165) is 6.04 Å². The summed E-state index contributed by atoms with van der Waals surface area (Å²) in [7, 11) is 0. The first-order chi connectivity index (χ1) is 8.19. The SMILES string of the molecule is CCCN(CC1CCCCN1CCC)C(C)C. The van der Waals surface area contributed by atoms with Crippen LogP contribution in [0.4, 0.5) is 0 Å². The summed E-state index contributed by atoms with van der Waals surface area (Å²) < 4.78 is 0. The average molecular weight is 240 g/mol. The molecule has 1 atom stereocenters. The Kier molecular flexibility index (Phi) is 7.14. The van der Waals surface area contributed by atoms with E-state index in [1.165, 1.54) is 58.3 Å². The molecule has 2 nitrogen and oxygen atoms in total. The maximum Gasteiger partial charge on any atom is 0.0223 e. The molecule has 102 valence electrons. The third-order valence-corrected chi connectivity index (χ3v) is 3.95. The number of rotatable bonds is 7. The molecule has 1 fully saturated rings. The third kappa shape index (κ3) is 4.97. The summed E-state index contributed by atoms with van der Waals surface area (Å²) in [4.78, 5) is 5.40. The first-order valence-electron chi connectivity index (χ1n) is 7.67. The molecular formula is C15H32N2. The first kappa shape index (κ1) is 15.0. The molecular weight excluding hydrogens is 208 g/mol. The van der Waals surface area contributed by atoms with E-state index in [1.54, 1.807) is 0 Å². The summed E-state index contributed by atoms with van der Waals surface area (Å²) in [5.74, 6) is 0. The smallest absolute Gasteiger partial charge is 0.0223 e. The van der Waals surface area contributed by atoms with Gasteiger partial charge in [-0.3, -0.25) is 9.80 Å². The predicted octanol–water partition coefficient (Wildman–Crippen LogP) is 3.37. The van der Waals surface area contributed by atoms with Gasteiger partial charge < -0.3 is 0 Å². The van der Waals surface area contributed by atoms with Crippen molar-refractivity contribution in [3.63, 3.8) is 0 Å². The van der Waals surface area contributed by atoms with Gasteiger partial charge in [0.1, 0.15) is 0 Å². The Balaban J connectivity index is 2.49. The van der Waals surface area contributed by atoms with Crippen molar-refractivity contribution >= 4 is 0 Å². The highest BCUT2D eigenvalue weighted by molar-refractivity contribution is 4.80. The number of nitrogens with zero attached hydrogens (tertiary/aromatic N) is 2. The number of hydrogen-bond donors (Lipinski definition) is 0. The van der Waals surface area contributed by atoms with Gasteiger partial charge in [0.05, 0.1) is 0 Å². The second-order valence-electron chi connectivity index (χ2n) is 5.77. The molecule has 1 aliphatic rings. The van der Waals surface area contributed by atoms with Gasteiger partial charge in [-0.25, -0.2) is 0 Å². The minimum atomic E-state index is 0.695. The third-order valence-electron chi connectivity index (χ3n) is 3.95. The maximum absolute atomic E-state index is 2.73. The highest BCUT2D eigenvalue weighted by Crippen LogP contribution is 2.19. The topological polar surface area (TPSA) is 6.48 Å². The van der Waals surface area contributed by atoms with Gasteiger partial charge in [-0.05, 0) is 59.2 Å². The van der Waals surface area contributed by atoms with Crippen LogP contribution < -0.4 is 0 Å². The summed E-state index contributed by atoms with van der Waals surface area (Å²) >= 11 is 0. The van der Waals surface area contributed by atoms with Crippen LogP contribution in [0, 0.1) is 0 Å². The molecule has 0 N–H and O–H groups in total. The van der Waals surface area contributed by atoms with Crippen molar-refractivity contribution in [2.45, 2.75) is 71.9 Å². The van der Waals surface area contributed by atoms with E-state index in [1.807, 2.05) is 0 Å². The Labute approximate surface area is 108 Å². The van der Waals surface area contributed by atoms with E-state index < -0.39 is 0 Å². The first-order valence-corrected chi connectivity index (χ1v) is 7.67. The van der Waals surface area contributed by atoms with Crippen LogP contribution in [-0.2, 0) is 0 Å². The van der Waals surface area contributed by atoms with Gasteiger partial charge in [0.25, 0.3) is 0 Å².